The molecule has 0 aromatic heterocycles. The zero-order valence-electron chi connectivity index (χ0n) is 8.61. The van der Waals surface area contributed by atoms with Gasteiger partial charge in [0.1, 0.15) is 5.82 Å². The zero-order valence-corrected chi connectivity index (χ0v) is 8.61. The monoisotopic (exact) mass is 226 g/mol. The van der Waals surface area contributed by atoms with Crippen LogP contribution < -0.4 is 0 Å². The van der Waals surface area contributed by atoms with E-state index in [1.165, 1.54) is 19.1 Å². The van der Waals surface area contributed by atoms with Crippen LogP contribution in [0.25, 0.3) is 0 Å². The molecular weight excluding hydrogens is 215 g/mol. The molecule has 0 aliphatic rings. The van der Waals surface area contributed by atoms with E-state index in [1.54, 1.807) is 0 Å². The van der Waals surface area contributed by atoms with Crippen LogP contribution in [0.3, 0.4) is 0 Å². The third-order valence-electron chi connectivity index (χ3n) is 2.58. The molecule has 0 aliphatic carbocycles. The number of aliphatic carboxylic acids is 2. The minimum atomic E-state index is -2.08. The number of carbonyl (C=O) groups is 2. The van der Waals surface area contributed by atoms with Crippen LogP contribution in [0.15, 0.2) is 24.3 Å². The van der Waals surface area contributed by atoms with Crippen LogP contribution in [-0.4, -0.2) is 22.2 Å². The van der Waals surface area contributed by atoms with Crippen LogP contribution >= 0.6 is 0 Å². The standard InChI is InChI=1S/C11H11FO4/c1-2-11(9(13)14,10(15)16)7-4-3-5-8(12)6-7/h3-6H,2H2,1H3,(H,13,14)(H,15,16). The van der Waals surface area contributed by atoms with Crippen molar-refractivity contribution in [2.75, 3.05) is 0 Å². The van der Waals surface area contributed by atoms with E-state index in [9.17, 15) is 14.0 Å². The molecule has 0 atom stereocenters. The van der Waals surface area contributed by atoms with E-state index < -0.39 is 23.2 Å². The Kier molecular flexibility index (Phi) is 3.27. The van der Waals surface area contributed by atoms with Crippen LogP contribution in [0.2, 0.25) is 0 Å². The number of carboxylic acids is 2. The van der Waals surface area contributed by atoms with Gasteiger partial charge in [0.2, 0.25) is 0 Å². The van der Waals surface area contributed by atoms with Crippen molar-refractivity contribution in [3.8, 4) is 0 Å². The highest BCUT2D eigenvalue weighted by molar-refractivity contribution is 6.04. The van der Waals surface area contributed by atoms with Gasteiger partial charge in [0.05, 0.1) is 0 Å². The van der Waals surface area contributed by atoms with Gasteiger partial charge in [-0.1, -0.05) is 19.1 Å². The maximum atomic E-state index is 13.0. The number of hydrogen-bond acceptors (Lipinski definition) is 2. The first kappa shape index (κ1) is 12.2. The van der Waals surface area contributed by atoms with E-state index in [0.29, 0.717) is 0 Å². The Balaban J connectivity index is 3.42. The third kappa shape index (κ3) is 1.76. The van der Waals surface area contributed by atoms with Gasteiger partial charge in [0.25, 0.3) is 0 Å². The Morgan fingerprint density at radius 2 is 1.88 bits per heavy atom. The van der Waals surface area contributed by atoms with Crippen LogP contribution in [0.5, 0.6) is 0 Å². The summed E-state index contributed by atoms with van der Waals surface area (Å²) in [7, 11) is 0. The summed E-state index contributed by atoms with van der Waals surface area (Å²) >= 11 is 0. The van der Waals surface area contributed by atoms with Gasteiger partial charge in [-0.25, -0.2) is 4.39 Å². The molecule has 0 saturated carbocycles. The highest BCUT2D eigenvalue weighted by atomic mass is 19.1. The smallest absolute Gasteiger partial charge is 0.325 e. The van der Waals surface area contributed by atoms with Crippen molar-refractivity contribution in [3.63, 3.8) is 0 Å². The SMILES string of the molecule is CCC(C(=O)O)(C(=O)O)c1cccc(F)c1. The Bertz CT molecular complexity index is 414. The molecule has 1 aromatic rings. The van der Waals surface area contributed by atoms with Gasteiger partial charge in [-0.05, 0) is 24.1 Å². The minimum absolute atomic E-state index is 0.0602. The normalized spacial score (nSPS) is 11.1. The van der Waals surface area contributed by atoms with Gasteiger partial charge in [-0.3, -0.25) is 9.59 Å². The Hall–Kier alpha value is -1.91. The number of carboxylic acid groups (broad SMARTS) is 2. The molecule has 0 spiro atoms. The Morgan fingerprint density at radius 3 is 2.25 bits per heavy atom. The van der Waals surface area contributed by atoms with Crippen molar-refractivity contribution in [1.29, 1.82) is 0 Å². The second-order valence-electron chi connectivity index (χ2n) is 3.38. The summed E-state index contributed by atoms with van der Waals surface area (Å²) in [5.41, 5.74) is -2.14. The summed E-state index contributed by atoms with van der Waals surface area (Å²) in [6, 6.07) is 4.66. The maximum absolute atomic E-state index is 13.0. The minimum Gasteiger partial charge on any atom is -0.480 e. The van der Waals surface area contributed by atoms with E-state index in [2.05, 4.69) is 0 Å². The molecule has 5 heteroatoms. The van der Waals surface area contributed by atoms with E-state index >= 15 is 0 Å². The molecule has 0 unspecified atom stereocenters. The molecule has 0 heterocycles. The molecule has 0 bridgehead atoms. The maximum Gasteiger partial charge on any atom is 0.325 e. The van der Waals surface area contributed by atoms with Crippen molar-refractivity contribution >= 4 is 11.9 Å². The quantitative estimate of drug-likeness (QED) is 0.765. The first-order chi connectivity index (χ1) is 7.45. The molecule has 86 valence electrons. The number of benzene rings is 1. The van der Waals surface area contributed by atoms with E-state index in [4.69, 9.17) is 10.2 Å². The van der Waals surface area contributed by atoms with Crippen LogP contribution in [-0.2, 0) is 15.0 Å². The predicted octanol–water partition coefficient (Wildman–Crippen LogP) is 1.64. The summed E-state index contributed by atoms with van der Waals surface area (Å²) in [5, 5.41) is 18.1. The Morgan fingerprint density at radius 1 is 1.31 bits per heavy atom. The highest BCUT2D eigenvalue weighted by Crippen LogP contribution is 2.29. The molecule has 0 fully saturated rings. The summed E-state index contributed by atoms with van der Waals surface area (Å²) < 4.78 is 13.0. The second kappa shape index (κ2) is 4.30. The molecule has 1 rings (SSSR count). The first-order valence-electron chi connectivity index (χ1n) is 4.68. The molecule has 4 nitrogen and oxygen atoms in total. The fourth-order valence-corrected chi connectivity index (χ4v) is 1.60. The van der Waals surface area contributed by atoms with Crippen molar-refractivity contribution in [1.82, 2.24) is 0 Å². The molecule has 2 N–H and O–H groups in total. The van der Waals surface area contributed by atoms with Crippen molar-refractivity contribution < 1.29 is 24.2 Å². The van der Waals surface area contributed by atoms with E-state index in [0.717, 1.165) is 12.1 Å². The van der Waals surface area contributed by atoms with Crippen LogP contribution in [0, 0.1) is 5.82 Å². The van der Waals surface area contributed by atoms with Crippen LogP contribution in [0.1, 0.15) is 18.9 Å². The Labute approximate surface area is 91.3 Å². The lowest BCUT2D eigenvalue weighted by Gasteiger charge is -2.23. The van der Waals surface area contributed by atoms with Gasteiger partial charge in [0, 0.05) is 0 Å². The lowest BCUT2D eigenvalue weighted by atomic mass is 9.78. The first-order valence-corrected chi connectivity index (χ1v) is 4.68. The fraction of sp³-hybridized carbons (Fsp3) is 0.273. The fourth-order valence-electron chi connectivity index (χ4n) is 1.60. The molecule has 0 aliphatic heterocycles. The number of halogens is 1. The number of rotatable bonds is 4. The third-order valence-corrected chi connectivity index (χ3v) is 2.58. The molecule has 0 saturated heterocycles. The molecule has 1 aromatic carbocycles. The molecular formula is C11H11FO4. The topological polar surface area (TPSA) is 74.6 Å². The predicted molar refractivity (Wildman–Crippen MR) is 53.6 cm³/mol. The summed E-state index contributed by atoms with van der Waals surface area (Å²) in [6.07, 6.45) is -0.152. The zero-order chi connectivity index (χ0) is 12.3. The van der Waals surface area contributed by atoms with Gasteiger partial charge in [-0.2, -0.15) is 0 Å². The van der Waals surface area contributed by atoms with Gasteiger partial charge in [-0.15, -0.1) is 0 Å². The average Bonchev–Trinajstić information content (AvgIpc) is 2.18. The van der Waals surface area contributed by atoms with Gasteiger partial charge < -0.3 is 10.2 Å². The molecule has 16 heavy (non-hydrogen) atoms. The van der Waals surface area contributed by atoms with E-state index in [-0.39, 0.29) is 12.0 Å². The summed E-state index contributed by atoms with van der Waals surface area (Å²) in [6.45, 7) is 1.44. The van der Waals surface area contributed by atoms with Gasteiger partial charge >= 0.3 is 11.9 Å². The highest BCUT2D eigenvalue weighted by Gasteiger charge is 2.46. The number of hydrogen-bond donors (Lipinski definition) is 2. The lowest BCUT2D eigenvalue weighted by Crippen LogP contribution is -2.43. The van der Waals surface area contributed by atoms with Gasteiger partial charge in [0.15, 0.2) is 5.41 Å². The average molecular weight is 226 g/mol. The van der Waals surface area contributed by atoms with Crippen molar-refractivity contribution in [3.05, 3.63) is 35.6 Å². The molecule has 0 radical (unpaired) electrons. The van der Waals surface area contributed by atoms with Crippen molar-refractivity contribution in [2.45, 2.75) is 18.8 Å². The largest absolute Gasteiger partial charge is 0.480 e. The van der Waals surface area contributed by atoms with Crippen molar-refractivity contribution in [2.24, 2.45) is 0 Å². The van der Waals surface area contributed by atoms with E-state index in [1.807, 2.05) is 0 Å². The summed E-state index contributed by atoms with van der Waals surface area (Å²) in [5.74, 6) is -3.64. The lowest BCUT2D eigenvalue weighted by molar-refractivity contribution is -0.157. The second-order valence-corrected chi connectivity index (χ2v) is 3.38. The molecule has 0 amide bonds. The summed E-state index contributed by atoms with van der Waals surface area (Å²) in [4.78, 5) is 22.2. The van der Waals surface area contributed by atoms with Crippen LogP contribution in [0.4, 0.5) is 4.39 Å².